The maximum Gasteiger partial charge on any atom is 0.350 e. The SMILES string of the molecule is CC(=O)C(S)C(=O)NC(C)(NC(=O)C(S)C(C)=O)C(=O)O. The Morgan fingerprint density at radius 1 is 0.905 bits per heavy atom. The molecule has 0 aliphatic heterocycles. The molecule has 0 saturated carbocycles. The van der Waals surface area contributed by atoms with E-state index in [1.807, 2.05) is 10.6 Å². The Morgan fingerprint density at radius 2 is 1.19 bits per heavy atom. The van der Waals surface area contributed by atoms with Crippen LogP contribution in [0.5, 0.6) is 0 Å². The number of amides is 2. The molecule has 0 aromatic rings. The van der Waals surface area contributed by atoms with Gasteiger partial charge in [-0.25, -0.2) is 4.79 Å². The minimum Gasteiger partial charge on any atom is -0.478 e. The maximum atomic E-state index is 11.7. The lowest BCUT2D eigenvalue weighted by Gasteiger charge is -2.29. The van der Waals surface area contributed by atoms with Gasteiger partial charge in [0.05, 0.1) is 0 Å². The molecule has 0 heterocycles. The average molecular weight is 336 g/mol. The number of carboxylic acids is 1. The number of Topliss-reactive ketones (excluding diaryl/α,β-unsaturated/α-hetero) is 2. The molecule has 0 aliphatic rings. The van der Waals surface area contributed by atoms with E-state index in [0.717, 1.165) is 20.8 Å². The van der Waals surface area contributed by atoms with E-state index in [9.17, 15) is 24.0 Å². The van der Waals surface area contributed by atoms with Crippen LogP contribution in [-0.2, 0) is 24.0 Å². The third-order valence-electron chi connectivity index (χ3n) is 2.44. The van der Waals surface area contributed by atoms with Crippen LogP contribution in [0.15, 0.2) is 0 Å². The summed E-state index contributed by atoms with van der Waals surface area (Å²) in [6, 6.07) is 0. The Bertz CT molecular complexity index is 459. The highest BCUT2D eigenvalue weighted by Crippen LogP contribution is 2.06. The van der Waals surface area contributed by atoms with E-state index >= 15 is 0 Å². The number of aliphatic carboxylic acids is 1. The quantitative estimate of drug-likeness (QED) is 0.225. The molecular formula is C11H16N2O6S2. The fourth-order valence-corrected chi connectivity index (χ4v) is 1.27. The molecule has 2 atom stereocenters. The van der Waals surface area contributed by atoms with Gasteiger partial charge in [0.2, 0.25) is 17.5 Å². The molecule has 0 aromatic heterocycles. The Morgan fingerprint density at radius 3 is 1.38 bits per heavy atom. The third-order valence-corrected chi connectivity index (χ3v) is 3.64. The summed E-state index contributed by atoms with van der Waals surface area (Å²) in [6.07, 6.45) is 0. The van der Waals surface area contributed by atoms with Crippen LogP contribution in [0.2, 0.25) is 0 Å². The number of carboxylic acid groups (broad SMARTS) is 1. The van der Waals surface area contributed by atoms with E-state index in [2.05, 4.69) is 25.3 Å². The molecule has 0 rings (SSSR count). The van der Waals surface area contributed by atoms with Crippen molar-refractivity contribution >= 4 is 54.6 Å². The molecular weight excluding hydrogens is 320 g/mol. The average Bonchev–Trinajstić information content (AvgIpc) is 2.35. The van der Waals surface area contributed by atoms with Crippen LogP contribution in [0.3, 0.4) is 0 Å². The number of hydrogen-bond donors (Lipinski definition) is 5. The Labute approximate surface area is 131 Å². The lowest BCUT2D eigenvalue weighted by Crippen LogP contribution is -2.66. The number of nitrogens with one attached hydrogen (secondary N) is 2. The van der Waals surface area contributed by atoms with Crippen LogP contribution in [0, 0.1) is 0 Å². The zero-order valence-electron chi connectivity index (χ0n) is 11.5. The summed E-state index contributed by atoms with van der Waals surface area (Å²) < 4.78 is 0. The van der Waals surface area contributed by atoms with E-state index in [1.165, 1.54) is 0 Å². The molecule has 2 amide bonds. The molecule has 0 radical (unpaired) electrons. The maximum absolute atomic E-state index is 11.7. The van der Waals surface area contributed by atoms with Crippen LogP contribution in [0.4, 0.5) is 0 Å². The zero-order chi connectivity index (χ0) is 17.0. The minimum atomic E-state index is -2.21. The summed E-state index contributed by atoms with van der Waals surface area (Å²) in [4.78, 5) is 56.7. The first-order chi connectivity index (χ1) is 9.42. The second-order valence-electron chi connectivity index (χ2n) is 4.44. The molecule has 0 bridgehead atoms. The van der Waals surface area contributed by atoms with Crippen molar-refractivity contribution in [3.63, 3.8) is 0 Å². The summed E-state index contributed by atoms with van der Waals surface area (Å²) >= 11 is 7.46. The second-order valence-corrected chi connectivity index (χ2v) is 5.47. The topological polar surface area (TPSA) is 130 Å². The number of ketones is 2. The number of carbonyl (C=O) groups is 5. The molecule has 0 fully saturated rings. The van der Waals surface area contributed by atoms with Crippen molar-refractivity contribution in [1.82, 2.24) is 10.6 Å². The van der Waals surface area contributed by atoms with Gasteiger partial charge < -0.3 is 15.7 Å². The van der Waals surface area contributed by atoms with Crippen molar-refractivity contribution in [2.24, 2.45) is 0 Å². The molecule has 8 nitrogen and oxygen atoms in total. The van der Waals surface area contributed by atoms with Gasteiger partial charge in [-0.15, -0.1) is 0 Å². The smallest absolute Gasteiger partial charge is 0.350 e. The lowest BCUT2D eigenvalue weighted by atomic mass is 10.1. The van der Waals surface area contributed by atoms with E-state index < -0.39 is 45.5 Å². The first-order valence-corrected chi connectivity index (χ1v) is 6.70. The van der Waals surface area contributed by atoms with E-state index in [4.69, 9.17) is 5.11 Å². The molecule has 21 heavy (non-hydrogen) atoms. The summed E-state index contributed by atoms with van der Waals surface area (Å²) in [7, 11) is 0. The first-order valence-electron chi connectivity index (χ1n) is 5.67. The minimum absolute atomic E-state index is 0.592. The predicted molar refractivity (Wildman–Crippen MR) is 79.2 cm³/mol. The van der Waals surface area contributed by atoms with Crippen molar-refractivity contribution in [3.8, 4) is 0 Å². The number of hydrogen-bond acceptors (Lipinski definition) is 7. The van der Waals surface area contributed by atoms with Gasteiger partial charge >= 0.3 is 5.97 Å². The molecule has 0 aromatic carbocycles. The predicted octanol–water partition coefficient (Wildman–Crippen LogP) is -1.21. The van der Waals surface area contributed by atoms with Gasteiger partial charge in [-0.2, -0.15) is 25.3 Å². The highest BCUT2D eigenvalue weighted by Gasteiger charge is 2.40. The number of rotatable bonds is 7. The van der Waals surface area contributed by atoms with Crippen molar-refractivity contribution < 1.29 is 29.1 Å². The van der Waals surface area contributed by atoms with Crippen molar-refractivity contribution in [1.29, 1.82) is 0 Å². The second kappa shape index (κ2) is 7.46. The van der Waals surface area contributed by atoms with Crippen LogP contribution >= 0.6 is 25.3 Å². The molecule has 0 spiro atoms. The summed E-state index contributed by atoms with van der Waals surface area (Å²) in [5.41, 5.74) is -2.21. The van der Waals surface area contributed by atoms with Gasteiger partial charge in [-0.05, 0) is 20.8 Å². The van der Waals surface area contributed by atoms with E-state index in [0.29, 0.717) is 0 Å². The standard InChI is InChI=1S/C11H16N2O6S2/c1-4(14)6(20)8(16)12-11(3,10(18)19)13-9(17)7(21)5(2)15/h6-7,20-21H,1-3H3,(H,12,16)(H,13,17)(H,18,19). The largest absolute Gasteiger partial charge is 0.478 e. The molecule has 10 heteroatoms. The molecule has 118 valence electrons. The molecule has 0 aliphatic carbocycles. The van der Waals surface area contributed by atoms with Crippen molar-refractivity contribution in [2.75, 3.05) is 0 Å². The van der Waals surface area contributed by atoms with Gasteiger partial charge in [0, 0.05) is 0 Å². The Balaban J connectivity index is 5.15. The van der Waals surface area contributed by atoms with Crippen molar-refractivity contribution in [2.45, 2.75) is 36.9 Å². The first kappa shape index (κ1) is 19.4. The summed E-state index contributed by atoms with van der Waals surface area (Å²) in [5.74, 6) is -4.75. The van der Waals surface area contributed by atoms with Crippen LogP contribution < -0.4 is 10.6 Å². The monoisotopic (exact) mass is 336 g/mol. The lowest BCUT2D eigenvalue weighted by molar-refractivity contribution is -0.151. The molecule has 2 unspecified atom stereocenters. The highest BCUT2D eigenvalue weighted by atomic mass is 32.1. The van der Waals surface area contributed by atoms with Crippen LogP contribution in [0.25, 0.3) is 0 Å². The van der Waals surface area contributed by atoms with Gasteiger partial charge in [-0.1, -0.05) is 0 Å². The Hall–Kier alpha value is -1.55. The molecule has 0 saturated heterocycles. The van der Waals surface area contributed by atoms with E-state index in [-0.39, 0.29) is 0 Å². The highest BCUT2D eigenvalue weighted by molar-refractivity contribution is 7.83. The number of thiol groups is 2. The van der Waals surface area contributed by atoms with Crippen LogP contribution in [-0.4, -0.2) is 50.6 Å². The van der Waals surface area contributed by atoms with Gasteiger partial charge in [-0.3, -0.25) is 19.2 Å². The number of carbonyl (C=O) groups excluding carboxylic acids is 4. The summed E-state index contributed by atoms with van der Waals surface area (Å²) in [6.45, 7) is 3.20. The molecule has 3 N–H and O–H groups in total. The normalized spacial score (nSPS) is 16.0. The van der Waals surface area contributed by atoms with Crippen molar-refractivity contribution in [3.05, 3.63) is 0 Å². The van der Waals surface area contributed by atoms with Gasteiger partial charge in [0.15, 0.2) is 11.6 Å². The fraction of sp³-hybridized carbons (Fsp3) is 0.545. The van der Waals surface area contributed by atoms with Gasteiger partial charge in [0.1, 0.15) is 10.5 Å². The third kappa shape index (κ3) is 5.38. The summed E-state index contributed by atoms with van der Waals surface area (Å²) in [5, 5.41) is 10.3. The Kier molecular flexibility index (Phi) is 6.91. The van der Waals surface area contributed by atoms with Crippen LogP contribution in [0.1, 0.15) is 20.8 Å². The fourth-order valence-electron chi connectivity index (χ4n) is 1.14. The zero-order valence-corrected chi connectivity index (χ0v) is 13.3. The van der Waals surface area contributed by atoms with Gasteiger partial charge in [0.25, 0.3) is 0 Å². The van der Waals surface area contributed by atoms with E-state index in [1.54, 1.807) is 0 Å².